The molecule has 2 aromatic rings. The van der Waals surface area contributed by atoms with Crippen LogP contribution in [0.2, 0.25) is 5.02 Å². The summed E-state index contributed by atoms with van der Waals surface area (Å²) in [5.74, 6) is 0.0284. The fraction of sp³-hybridized carbons (Fsp3) is 0.316. The van der Waals surface area contributed by atoms with Gasteiger partial charge in [-0.3, -0.25) is 4.79 Å². The van der Waals surface area contributed by atoms with E-state index in [9.17, 15) is 4.79 Å². The molecule has 0 aliphatic heterocycles. The molecule has 0 fully saturated rings. The van der Waals surface area contributed by atoms with Gasteiger partial charge in [0.1, 0.15) is 0 Å². The second kappa shape index (κ2) is 8.70. The van der Waals surface area contributed by atoms with Crippen molar-refractivity contribution in [3.8, 4) is 0 Å². The van der Waals surface area contributed by atoms with Crippen LogP contribution in [0.15, 0.2) is 42.5 Å². The lowest BCUT2D eigenvalue weighted by molar-refractivity contribution is -0.116. The van der Waals surface area contributed by atoms with Crippen LogP contribution in [0.4, 0.5) is 5.69 Å². The molecule has 0 aliphatic rings. The highest BCUT2D eigenvalue weighted by atomic mass is 35.5. The van der Waals surface area contributed by atoms with E-state index >= 15 is 0 Å². The number of rotatable bonds is 7. The lowest BCUT2D eigenvalue weighted by Crippen LogP contribution is -2.22. The van der Waals surface area contributed by atoms with Gasteiger partial charge in [0.15, 0.2) is 0 Å². The number of halogens is 1. The van der Waals surface area contributed by atoms with E-state index in [1.807, 2.05) is 43.3 Å². The fourth-order valence-corrected chi connectivity index (χ4v) is 2.67. The van der Waals surface area contributed by atoms with Crippen molar-refractivity contribution in [1.82, 2.24) is 5.32 Å². The minimum atomic E-state index is 0.0284. The smallest absolute Gasteiger partial charge is 0.225 e. The Bertz CT molecular complexity index is 670. The molecule has 122 valence electrons. The van der Waals surface area contributed by atoms with Crippen molar-refractivity contribution in [2.24, 2.45) is 0 Å². The van der Waals surface area contributed by atoms with Gasteiger partial charge in [-0.25, -0.2) is 0 Å². The van der Waals surface area contributed by atoms with E-state index in [2.05, 4.69) is 23.6 Å². The maximum absolute atomic E-state index is 12.1. The van der Waals surface area contributed by atoms with E-state index in [-0.39, 0.29) is 5.91 Å². The molecule has 0 bridgehead atoms. The summed E-state index contributed by atoms with van der Waals surface area (Å²) in [5.41, 5.74) is 4.26. The van der Waals surface area contributed by atoms with Crippen molar-refractivity contribution in [1.29, 1.82) is 0 Å². The van der Waals surface area contributed by atoms with E-state index in [0.29, 0.717) is 19.5 Å². The molecule has 2 rings (SSSR count). The molecule has 1 amide bonds. The fourth-order valence-electron chi connectivity index (χ4n) is 2.47. The Morgan fingerprint density at radius 1 is 1.09 bits per heavy atom. The first-order valence-electron chi connectivity index (χ1n) is 7.94. The monoisotopic (exact) mass is 330 g/mol. The Hall–Kier alpha value is -1.84. The van der Waals surface area contributed by atoms with Crippen molar-refractivity contribution in [2.45, 2.75) is 33.2 Å². The molecule has 23 heavy (non-hydrogen) atoms. The minimum Gasteiger partial charge on any atom is -0.326 e. The number of carbonyl (C=O) groups is 1. The Kier molecular flexibility index (Phi) is 6.63. The van der Waals surface area contributed by atoms with Gasteiger partial charge in [0, 0.05) is 30.2 Å². The maximum atomic E-state index is 12.1. The van der Waals surface area contributed by atoms with Gasteiger partial charge in [0.25, 0.3) is 0 Å². The van der Waals surface area contributed by atoms with Gasteiger partial charge in [-0.1, -0.05) is 54.9 Å². The Morgan fingerprint density at radius 2 is 1.83 bits per heavy atom. The predicted molar refractivity (Wildman–Crippen MR) is 97.0 cm³/mol. The Labute approximate surface area is 143 Å². The Morgan fingerprint density at radius 3 is 2.57 bits per heavy atom. The number of hydrogen-bond acceptors (Lipinski definition) is 2. The van der Waals surface area contributed by atoms with Crippen molar-refractivity contribution < 1.29 is 4.79 Å². The third kappa shape index (κ3) is 5.08. The first kappa shape index (κ1) is 17.5. The van der Waals surface area contributed by atoms with Gasteiger partial charge in [-0.15, -0.1) is 0 Å². The first-order chi connectivity index (χ1) is 11.1. The predicted octanol–water partition coefficient (Wildman–Crippen LogP) is 4.33. The lowest BCUT2D eigenvalue weighted by Gasteiger charge is -2.13. The van der Waals surface area contributed by atoms with Crippen LogP contribution in [0, 0.1) is 6.92 Å². The largest absolute Gasteiger partial charge is 0.326 e. The third-order valence-corrected chi connectivity index (χ3v) is 4.18. The minimum absolute atomic E-state index is 0.0284. The van der Waals surface area contributed by atoms with E-state index in [1.54, 1.807) is 0 Å². The standard InChI is InChI=1S/C19H23ClN2O/c1-3-15-9-6-7-14(2)19(15)22-18(23)11-12-21-13-16-8-4-5-10-17(16)20/h4-10,21H,3,11-13H2,1-2H3,(H,22,23). The number of anilines is 1. The molecule has 0 aliphatic carbocycles. The summed E-state index contributed by atoms with van der Waals surface area (Å²) in [7, 11) is 0. The van der Waals surface area contributed by atoms with Crippen LogP contribution in [0.3, 0.4) is 0 Å². The quantitative estimate of drug-likeness (QED) is 0.742. The van der Waals surface area contributed by atoms with Gasteiger partial charge >= 0.3 is 0 Å². The van der Waals surface area contributed by atoms with Crippen LogP contribution in [-0.4, -0.2) is 12.5 Å². The summed E-state index contributed by atoms with van der Waals surface area (Å²) in [4.78, 5) is 12.1. The molecule has 0 saturated carbocycles. The second-order valence-corrected chi connectivity index (χ2v) is 5.94. The molecule has 0 unspecified atom stereocenters. The topological polar surface area (TPSA) is 41.1 Å². The van der Waals surface area contributed by atoms with Crippen LogP contribution >= 0.6 is 11.6 Å². The number of amides is 1. The SMILES string of the molecule is CCc1cccc(C)c1NC(=O)CCNCc1ccccc1Cl. The lowest BCUT2D eigenvalue weighted by atomic mass is 10.1. The zero-order valence-electron chi connectivity index (χ0n) is 13.7. The number of carbonyl (C=O) groups excluding carboxylic acids is 1. The van der Waals surface area contributed by atoms with E-state index in [1.165, 1.54) is 5.56 Å². The molecule has 4 heteroatoms. The normalized spacial score (nSPS) is 10.6. The summed E-state index contributed by atoms with van der Waals surface area (Å²) < 4.78 is 0. The highest BCUT2D eigenvalue weighted by Gasteiger charge is 2.08. The van der Waals surface area contributed by atoms with E-state index < -0.39 is 0 Å². The van der Waals surface area contributed by atoms with Gasteiger partial charge in [-0.05, 0) is 36.1 Å². The zero-order chi connectivity index (χ0) is 16.7. The summed E-state index contributed by atoms with van der Waals surface area (Å²) in [6.07, 6.45) is 1.34. The molecule has 0 saturated heterocycles. The molecule has 2 aromatic carbocycles. The molecule has 0 aromatic heterocycles. The molecule has 0 radical (unpaired) electrons. The molecule has 2 N–H and O–H groups in total. The van der Waals surface area contributed by atoms with Gasteiger partial charge in [-0.2, -0.15) is 0 Å². The summed E-state index contributed by atoms with van der Waals surface area (Å²) in [6, 6.07) is 13.8. The molecule has 0 spiro atoms. The average molecular weight is 331 g/mol. The zero-order valence-corrected chi connectivity index (χ0v) is 14.4. The molecule has 3 nitrogen and oxygen atoms in total. The van der Waals surface area contributed by atoms with Crippen LogP contribution in [0.5, 0.6) is 0 Å². The summed E-state index contributed by atoms with van der Waals surface area (Å²) in [5, 5.41) is 7.04. The van der Waals surface area contributed by atoms with E-state index in [4.69, 9.17) is 11.6 Å². The number of aryl methyl sites for hydroxylation is 2. The van der Waals surface area contributed by atoms with Crippen LogP contribution in [0.25, 0.3) is 0 Å². The summed E-state index contributed by atoms with van der Waals surface area (Å²) >= 11 is 6.10. The van der Waals surface area contributed by atoms with Crippen molar-refractivity contribution in [3.05, 3.63) is 64.2 Å². The highest BCUT2D eigenvalue weighted by Crippen LogP contribution is 2.21. The highest BCUT2D eigenvalue weighted by molar-refractivity contribution is 6.31. The maximum Gasteiger partial charge on any atom is 0.225 e. The van der Waals surface area contributed by atoms with Crippen molar-refractivity contribution in [3.63, 3.8) is 0 Å². The van der Waals surface area contributed by atoms with Gasteiger partial charge < -0.3 is 10.6 Å². The van der Waals surface area contributed by atoms with Crippen LogP contribution < -0.4 is 10.6 Å². The number of benzene rings is 2. The van der Waals surface area contributed by atoms with E-state index in [0.717, 1.165) is 28.3 Å². The molecular formula is C19H23ClN2O. The summed E-state index contributed by atoms with van der Waals surface area (Å²) in [6.45, 7) is 5.39. The average Bonchev–Trinajstić information content (AvgIpc) is 2.55. The first-order valence-corrected chi connectivity index (χ1v) is 8.32. The third-order valence-electron chi connectivity index (χ3n) is 3.81. The number of hydrogen-bond donors (Lipinski definition) is 2. The number of para-hydroxylation sites is 1. The molecule has 0 atom stereocenters. The number of nitrogens with one attached hydrogen (secondary N) is 2. The van der Waals surface area contributed by atoms with Crippen molar-refractivity contribution >= 4 is 23.2 Å². The molecule has 0 heterocycles. The van der Waals surface area contributed by atoms with Crippen molar-refractivity contribution in [2.75, 3.05) is 11.9 Å². The van der Waals surface area contributed by atoms with Crippen LogP contribution in [-0.2, 0) is 17.8 Å². The Balaban J connectivity index is 1.81. The van der Waals surface area contributed by atoms with Gasteiger partial charge in [0.2, 0.25) is 5.91 Å². The van der Waals surface area contributed by atoms with Crippen LogP contribution in [0.1, 0.15) is 30.0 Å². The van der Waals surface area contributed by atoms with Gasteiger partial charge in [0.05, 0.1) is 0 Å². The second-order valence-electron chi connectivity index (χ2n) is 5.53. The molecular weight excluding hydrogens is 308 g/mol.